The lowest BCUT2D eigenvalue weighted by molar-refractivity contribution is 1.08. The molecule has 0 aliphatic carbocycles. The number of fused-ring (bicyclic) bond motifs is 2. The van der Waals surface area contributed by atoms with Crippen LogP contribution in [0.25, 0.3) is 65.7 Å². The molecule has 8 aromatic rings. The Labute approximate surface area is 187 Å². The van der Waals surface area contributed by atoms with E-state index in [0.29, 0.717) is 0 Å². The Morgan fingerprint density at radius 3 is 2.03 bits per heavy atom. The molecular weight excluding hydrogens is 404 g/mol. The van der Waals surface area contributed by atoms with E-state index in [9.17, 15) is 0 Å². The fourth-order valence-corrected chi connectivity index (χ4v) is 6.22. The molecule has 0 fully saturated rings. The first kappa shape index (κ1) is 16.1. The van der Waals surface area contributed by atoms with E-state index in [1.165, 1.54) is 59.9 Å². The van der Waals surface area contributed by atoms with E-state index in [1.54, 1.807) is 0 Å². The van der Waals surface area contributed by atoms with Crippen LogP contribution in [-0.4, -0.2) is 14.0 Å². The molecule has 0 amide bonds. The molecule has 4 heteroatoms. The summed E-state index contributed by atoms with van der Waals surface area (Å²) in [5.74, 6) is 0.945. The van der Waals surface area contributed by atoms with Crippen molar-refractivity contribution in [3.8, 4) is 5.82 Å². The highest BCUT2D eigenvalue weighted by Gasteiger charge is 2.26. The molecule has 5 heterocycles. The fourth-order valence-electron chi connectivity index (χ4n) is 6.22. The SMILES string of the molecule is c1ccc(-n2c3cccc4c5cccc6c5n5c7c(cccc7c7ccc2c(c43)c75)N6)nc1. The van der Waals surface area contributed by atoms with E-state index < -0.39 is 0 Å². The summed E-state index contributed by atoms with van der Waals surface area (Å²) in [6.45, 7) is 0. The number of para-hydroxylation sites is 2. The van der Waals surface area contributed by atoms with Crippen LogP contribution < -0.4 is 5.32 Å². The number of hydrogen-bond acceptors (Lipinski definition) is 2. The maximum Gasteiger partial charge on any atom is 0.137 e. The Morgan fingerprint density at radius 2 is 1.24 bits per heavy atom. The number of pyridine rings is 1. The van der Waals surface area contributed by atoms with Crippen molar-refractivity contribution < 1.29 is 0 Å². The van der Waals surface area contributed by atoms with Crippen LogP contribution in [0.3, 0.4) is 0 Å². The van der Waals surface area contributed by atoms with E-state index in [1.807, 2.05) is 12.3 Å². The largest absolute Gasteiger partial charge is 0.352 e. The van der Waals surface area contributed by atoms with Crippen molar-refractivity contribution >= 4 is 71.3 Å². The summed E-state index contributed by atoms with van der Waals surface area (Å²) in [6, 6.07) is 30.6. The molecule has 9 rings (SSSR count). The van der Waals surface area contributed by atoms with Gasteiger partial charge in [0.05, 0.1) is 39.0 Å². The third kappa shape index (κ3) is 1.69. The van der Waals surface area contributed by atoms with Crippen molar-refractivity contribution in [2.24, 2.45) is 0 Å². The maximum absolute atomic E-state index is 4.73. The van der Waals surface area contributed by atoms with Gasteiger partial charge in [-0.3, -0.25) is 4.57 Å². The van der Waals surface area contributed by atoms with Crippen molar-refractivity contribution in [1.29, 1.82) is 0 Å². The Morgan fingerprint density at radius 1 is 0.545 bits per heavy atom. The predicted molar refractivity (Wildman–Crippen MR) is 137 cm³/mol. The van der Waals surface area contributed by atoms with Crippen LogP contribution in [0, 0.1) is 0 Å². The van der Waals surface area contributed by atoms with Gasteiger partial charge in [-0.1, -0.05) is 48.5 Å². The third-order valence-corrected chi connectivity index (χ3v) is 7.40. The lowest BCUT2D eigenvalue weighted by Crippen LogP contribution is -2.01. The van der Waals surface area contributed by atoms with E-state index in [4.69, 9.17) is 4.98 Å². The zero-order valence-corrected chi connectivity index (χ0v) is 17.5. The standard InChI is InChI=1S/C29H16N4/c1-2-15-30-24(12-1)32-22-11-5-6-16-17-7-3-9-20-27(17)33-28-18(8-4-10-21(28)31-20)19-13-14-23(32)26(25(16)22)29(19)33/h1-15,31H. The summed E-state index contributed by atoms with van der Waals surface area (Å²) in [7, 11) is 0. The van der Waals surface area contributed by atoms with Crippen LogP contribution in [-0.2, 0) is 0 Å². The Balaban J connectivity index is 1.74. The van der Waals surface area contributed by atoms with Gasteiger partial charge in [-0.05, 0) is 41.8 Å². The van der Waals surface area contributed by atoms with Gasteiger partial charge in [0.2, 0.25) is 0 Å². The number of hydrogen-bond donors (Lipinski definition) is 1. The summed E-state index contributed by atoms with van der Waals surface area (Å²) in [4.78, 5) is 4.73. The highest BCUT2D eigenvalue weighted by molar-refractivity contribution is 6.34. The molecule has 4 aromatic heterocycles. The summed E-state index contributed by atoms with van der Waals surface area (Å²) < 4.78 is 4.82. The average Bonchev–Trinajstić information content (AvgIpc) is 3.34. The van der Waals surface area contributed by atoms with E-state index in [0.717, 1.165) is 17.2 Å². The first-order valence-electron chi connectivity index (χ1n) is 11.3. The number of nitrogens with one attached hydrogen (secondary N) is 1. The minimum absolute atomic E-state index is 0.945. The molecule has 1 aliphatic rings. The summed E-state index contributed by atoms with van der Waals surface area (Å²) in [5.41, 5.74) is 8.49. The van der Waals surface area contributed by atoms with Crippen molar-refractivity contribution in [1.82, 2.24) is 14.0 Å². The Bertz CT molecular complexity index is 2090. The van der Waals surface area contributed by atoms with Crippen molar-refractivity contribution in [3.05, 3.63) is 91.1 Å². The lowest BCUT2D eigenvalue weighted by atomic mass is 10.0. The summed E-state index contributed by atoms with van der Waals surface area (Å²) in [5, 5.41) is 11.4. The molecule has 0 saturated heterocycles. The molecule has 0 saturated carbocycles. The van der Waals surface area contributed by atoms with E-state index >= 15 is 0 Å². The van der Waals surface area contributed by atoms with Gasteiger partial charge in [-0.25, -0.2) is 4.98 Å². The van der Waals surface area contributed by atoms with Crippen LogP contribution in [0.5, 0.6) is 0 Å². The zero-order chi connectivity index (χ0) is 21.3. The number of nitrogens with zero attached hydrogens (tertiary/aromatic N) is 3. The van der Waals surface area contributed by atoms with Crippen LogP contribution in [0.2, 0.25) is 0 Å². The monoisotopic (exact) mass is 420 g/mol. The molecule has 4 nitrogen and oxygen atoms in total. The second-order valence-electron chi connectivity index (χ2n) is 8.94. The maximum atomic E-state index is 4.73. The predicted octanol–water partition coefficient (Wildman–Crippen LogP) is 7.39. The molecule has 0 atom stereocenters. The van der Waals surface area contributed by atoms with Gasteiger partial charge < -0.3 is 9.72 Å². The summed E-state index contributed by atoms with van der Waals surface area (Å²) in [6.07, 6.45) is 1.87. The Kier molecular flexibility index (Phi) is 2.56. The molecule has 0 unspecified atom stereocenters. The highest BCUT2D eigenvalue weighted by Crippen LogP contribution is 2.48. The zero-order valence-electron chi connectivity index (χ0n) is 17.5. The summed E-state index contributed by atoms with van der Waals surface area (Å²) >= 11 is 0. The fraction of sp³-hybridized carbons (Fsp3) is 0. The highest BCUT2D eigenvalue weighted by atomic mass is 15.1. The molecule has 152 valence electrons. The number of aromatic nitrogens is 3. The molecule has 1 aliphatic heterocycles. The second kappa shape index (κ2) is 5.25. The molecule has 0 bridgehead atoms. The number of anilines is 2. The van der Waals surface area contributed by atoms with Gasteiger partial charge in [0.1, 0.15) is 5.82 Å². The van der Waals surface area contributed by atoms with Gasteiger partial charge in [0.15, 0.2) is 0 Å². The average molecular weight is 420 g/mol. The first-order chi connectivity index (χ1) is 16.4. The molecule has 4 aromatic carbocycles. The molecule has 0 radical (unpaired) electrons. The van der Waals surface area contributed by atoms with Crippen molar-refractivity contribution in [3.63, 3.8) is 0 Å². The minimum Gasteiger partial charge on any atom is -0.352 e. The Hall–Kier alpha value is -4.57. The van der Waals surface area contributed by atoms with Gasteiger partial charge in [-0.2, -0.15) is 0 Å². The molecule has 33 heavy (non-hydrogen) atoms. The van der Waals surface area contributed by atoms with Crippen LogP contribution in [0.15, 0.2) is 91.1 Å². The molecule has 0 spiro atoms. The first-order valence-corrected chi connectivity index (χ1v) is 11.3. The van der Waals surface area contributed by atoms with Crippen LogP contribution in [0.1, 0.15) is 0 Å². The lowest BCUT2D eigenvalue weighted by Gasteiger charge is -2.18. The van der Waals surface area contributed by atoms with E-state index in [-0.39, 0.29) is 0 Å². The van der Waals surface area contributed by atoms with Crippen molar-refractivity contribution in [2.75, 3.05) is 5.32 Å². The second-order valence-corrected chi connectivity index (χ2v) is 8.94. The van der Waals surface area contributed by atoms with Crippen LogP contribution >= 0.6 is 0 Å². The minimum atomic E-state index is 0.945. The number of rotatable bonds is 1. The van der Waals surface area contributed by atoms with Gasteiger partial charge >= 0.3 is 0 Å². The molecular formula is C29H16N4. The van der Waals surface area contributed by atoms with E-state index in [2.05, 4.69) is 93.1 Å². The van der Waals surface area contributed by atoms with Crippen molar-refractivity contribution in [2.45, 2.75) is 0 Å². The topological polar surface area (TPSA) is 34.3 Å². The van der Waals surface area contributed by atoms with Gasteiger partial charge in [0.25, 0.3) is 0 Å². The quantitative estimate of drug-likeness (QED) is 0.300. The van der Waals surface area contributed by atoms with Gasteiger partial charge in [0, 0.05) is 33.1 Å². The normalized spacial score (nSPS) is 13.1. The number of benzene rings is 4. The van der Waals surface area contributed by atoms with Crippen LogP contribution in [0.4, 0.5) is 11.4 Å². The third-order valence-electron chi connectivity index (χ3n) is 7.40. The smallest absolute Gasteiger partial charge is 0.137 e. The molecule has 1 N–H and O–H groups in total. The van der Waals surface area contributed by atoms with Gasteiger partial charge in [-0.15, -0.1) is 0 Å².